The standard InChI is InChI=1S/C35H52N6O9/c1-32(2,27(44)37-33(3,4)28(45)38-34(5,6)29(46)39-35(7,8)30(47)49-9)36-25(42)23-17-13-19-40(23)26(43)24-18-14-20-41(24)31(48)50-21-22-15-11-10-12-16-22/h10-12,15-16,23-24H,13-14,17-21H2,1-9H3,(H,36,42)(H,37,44)(H,38,45)(H,39,46)/t23-,24-/m0/s1. The molecule has 2 heterocycles. The molecule has 1 aromatic rings. The van der Waals surface area contributed by atoms with E-state index in [2.05, 4.69) is 21.3 Å². The molecule has 0 aromatic heterocycles. The topological polar surface area (TPSA) is 193 Å². The van der Waals surface area contributed by atoms with Crippen molar-refractivity contribution in [3.05, 3.63) is 35.9 Å². The first-order valence-corrected chi connectivity index (χ1v) is 16.8. The van der Waals surface area contributed by atoms with Gasteiger partial charge >= 0.3 is 12.1 Å². The van der Waals surface area contributed by atoms with Gasteiger partial charge in [0.2, 0.25) is 29.5 Å². The number of hydrogen-bond acceptors (Lipinski definition) is 9. The lowest BCUT2D eigenvalue weighted by Crippen LogP contribution is -2.67. The molecule has 0 aliphatic carbocycles. The van der Waals surface area contributed by atoms with E-state index in [1.165, 1.54) is 72.3 Å². The fourth-order valence-corrected chi connectivity index (χ4v) is 5.73. The Balaban J connectivity index is 1.61. The summed E-state index contributed by atoms with van der Waals surface area (Å²) >= 11 is 0. The van der Waals surface area contributed by atoms with Crippen LogP contribution in [0.4, 0.5) is 4.79 Å². The number of nitrogens with one attached hydrogen (secondary N) is 4. The van der Waals surface area contributed by atoms with Gasteiger partial charge in [0.05, 0.1) is 7.11 Å². The van der Waals surface area contributed by atoms with Crippen LogP contribution < -0.4 is 21.3 Å². The molecule has 50 heavy (non-hydrogen) atoms. The summed E-state index contributed by atoms with van der Waals surface area (Å²) in [4.78, 5) is 94.8. The van der Waals surface area contributed by atoms with Crippen molar-refractivity contribution in [3.8, 4) is 0 Å². The van der Waals surface area contributed by atoms with Crippen LogP contribution in [0.3, 0.4) is 0 Å². The van der Waals surface area contributed by atoms with Crippen molar-refractivity contribution in [2.24, 2.45) is 0 Å². The van der Waals surface area contributed by atoms with E-state index >= 15 is 0 Å². The van der Waals surface area contributed by atoms with Gasteiger partial charge < -0.3 is 35.6 Å². The van der Waals surface area contributed by atoms with E-state index in [4.69, 9.17) is 9.47 Å². The van der Waals surface area contributed by atoms with Crippen molar-refractivity contribution in [1.82, 2.24) is 31.1 Å². The molecular weight excluding hydrogens is 648 g/mol. The van der Waals surface area contributed by atoms with Gasteiger partial charge in [-0.2, -0.15) is 0 Å². The van der Waals surface area contributed by atoms with E-state index in [-0.39, 0.29) is 12.5 Å². The Labute approximate surface area is 293 Å². The molecule has 2 atom stereocenters. The molecule has 2 aliphatic heterocycles. The van der Waals surface area contributed by atoms with Crippen molar-refractivity contribution in [1.29, 1.82) is 0 Å². The zero-order valence-corrected chi connectivity index (χ0v) is 30.6. The molecule has 4 N–H and O–H groups in total. The first kappa shape index (κ1) is 39.7. The first-order chi connectivity index (χ1) is 23.1. The number of carbonyl (C=O) groups is 7. The molecule has 15 nitrogen and oxygen atoms in total. The van der Waals surface area contributed by atoms with Gasteiger partial charge in [-0.15, -0.1) is 0 Å². The predicted octanol–water partition coefficient (Wildman–Crippen LogP) is 1.53. The summed E-state index contributed by atoms with van der Waals surface area (Å²) in [7, 11) is 1.19. The van der Waals surface area contributed by atoms with Crippen molar-refractivity contribution >= 4 is 41.6 Å². The summed E-state index contributed by atoms with van der Waals surface area (Å²) in [5.74, 6) is -3.59. The van der Waals surface area contributed by atoms with Gasteiger partial charge in [-0.05, 0) is 86.6 Å². The molecule has 15 heteroatoms. The van der Waals surface area contributed by atoms with Crippen LogP contribution in [-0.2, 0) is 44.8 Å². The number of benzene rings is 1. The highest BCUT2D eigenvalue weighted by Crippen LogP contribution is 2.26. The maximum absolute atomic E-state index is 13.7. The van der Waals surface area contributed by atoms with Crippen molar-refractivity contribution in [2.45, 2.75) is 122 Å². The van der Waals surface area contributed by atoms with Gasteiger partial charge in [0, 0.05) is 13.1 Å². The highest BCUT2D eigenvalue weighted by Gasteiger charge is 2.46. The Morgan fingerprint density at radius 1 is 0.660 bits per heavy atom. The lowest BCUT2D eigenvalue weighted by molar-refractivity contribution is -0.150. The highest BCUT2D eigenvalue weighted by molar-refractivity contribution is 6.00. The Morgan fingerprint density at radius 2 is 1.12 bits per heavy atom. The van der Waals surface area contributed by atoms with Gasteiger partial charge in [-0.25, -0.2) is 9.59 Å². The van der Waals surface area contributed by atoms with Gasteiger partial charge in [0.25, 0.3) is 0 Å². The summed E-state index contributed by atoms with van der Waals surface area (Å²) in [5, 5.41) is 10.5. The molecule has 0 bridgehead atoms. The average molecular weight is 701 g/mol. The normalized spacial score (nSPS) is 18.2. The Kier molecular flexibility index (Phi) is 12.3. The average Bonchev–Trinajstić information content (AvgIpc) is 3.73. The number of nitrogens with zero attached hydrogens (tertiary/aromatic N) is 2. The van der Waals surface area contributed by atoms with Crippen molar-refractivity contribution in [2.75, 3.05) is 20.2 Å². The number of methoxy groups -OCH3 is 1. The molecule has 6 amide bonds. The van der Waals surface area contributed by atoms with Crippen LogP contribution >= 0.6 is 0 Å². The minimum absolute atomic E-state index is 0.0733. The summed E-state index contributed by atoms with van der Waals surface area (Å²) in [6, 6.07) is 7.60. The monoisotopic (exact) mass is 700 g/mol. The van der Waals surface area contributed by atoms with E-state index in [1.54, 1.807) is 0 Å². The van der Waals surface area contributed by atoms with Crippen LogP contribution in [0.25, 0.3) is 0 Å². The second kappa shape index (κ2) is 15.5. The molecule has 3 rings (SSSR count). The van der Waals surface area contributed by atoms with Crippen molar-refractivity contribution in [3.63, 3.8) is 0 Å². The molecule has 0 unspecified atom stereocenters. The van der Waals surface area contributed by atoms with Gasteiger partial charge in [-0.3, -0.25) is 28.9 Å². The number of rotatable bonds is 12. The van der Waals surface area contributed by atoms with E-state index in [0.29, 0.717) is 38.8 Å². The van der Waals surface area contributed by atoms with Crippen LogP contribution in [-0.4, -0.2) is 106 Å². The van der Waals surface area contributed by atoms with Crippen LogP contribution in [0.5, 0.6) is 0 Å². The third-order valence-electron chi connectivity index (χ3n) is 8.93. The zero-order valence-electron chi connectivity index (χ0n) is 30.6. The highest BCUT2D eigenvalue weighted by atomic mass is 16.6. The smallest absolute Gasteiger partial charge is 0.410 e. The minimum Gasteiger partial charge on any atom is -0.467 e. The molecular formula is C35H52N6O9. The van der Waals surface area contributed by atoms with Crippen molar-refractivity contribution < 1.29 is 43.0 Å². The number of likely N-dealkylation sites (tertiary alicyclic amines) is 2. The summed E-state index contributed by atoms with van der Waals surface area (Å²) in [6.07, 6.45) is 1.40. The summed E-state index contributed by atoms with van der Waals surface area (Å²) in [5.41, 5.74) is -5.07. The Bertz CT molecular complexity index is 1470. The second-order valence-electron chi connectivity index (χ2n) is 14.9. The van der Waals surface area contributed by atoms with Crippen LogP contribution in [0.1, 0.15) is 86.6 Å². The fourth-order valence-electron chi connectivity index (χ4n) is 5.73. The second-order valence-corrected chi connectivity index (χ2v) is 14.9. The quantitative estimate of drug-likeness (QED) is 0.234. The zero-order chi connectivity index (χ0) is 37.7. The molecule has 1 aromatic carbocycles. The lowest BCUT2D eigenvalue weighted by Gasteiger charge is -2.36. The van der Waals surface area contributed by atoms with Crippen LogP contribution in [0, 0.1) is 0 Å². The van der Waals surface area contributed by atoms with E-state index in [1.807, 2.05) is 30.3 Å². The number of esters is 1. The van der Waals surface area contributed by atoms with Crippen LogP contribution in [0.15, 0.2) is 30.3 Å². The third kappa shape index (κ3) is 9.51. The summed E-state index contributed by atoms with van der Waals surface area (Å²) < 4.78 is 10.2. The molecule has 0 spiro atoms. The molecule has 2 fully saturated rings. The predicted molar refractivity (Wildman–Crippen MR) is 182 cm³/mol. The molecule has 0 radical (unpaired) electrons. The lowest BCUT2D eigenvalue weighted by atomic mass is 9.95. The minimum atomic E-state index is -1.54. The van der Waals surface area contributed by atoms with E-state index < -0.39 is 69.9 Å². The molecule has 2 aliphatic rings. The maximum Gasteiger partial charge on any atom is 0.410 e. The number of amides is 6. The fraction of sp³-hybridized carbons (Fsp3) is 0.629. The van der Waals surface area contributed by atoms with Gasteiger partial charge in [0.15, 0.2) is 0 Å². The SMILES string of the molecule is COC(=O)C(C)(C)NC(=O)C(C)(C)NC(=O)C(C)(C)NC(=O)C(C)(C)NC(=O)[C@@H]1CCCN1C(=O)[C@@H]1CCCN1C(=O)OCc1ccccc1. The molecule has 0 saturated carbocycles. The Hall–Kier alpha value is -4.69. The largest absolute Gasteiger partial charge is 0.467 e. The number of carbonyl (C=O) groups excluding carboxylic acids is 7. The first-order valence-electron chi connectivity index (χ1n) is 16.8. The maximum atomic E-state index is 13.7. The van der Waals surface area contributed by atoms with Crippen LogP contribution in [0.2, 0.25) is 0 Å². The Morgan fingerprint density at radius 3 is 1.64 bits per heavy atom. The molecule has 276 valence electrons. The molecule has 2 saturated heterocycles. The van der Waals surface area contributed by atoms with E-state index in [9.17, 15) is 33.6 Å². The van der Waals surface area contributed by atoms with E-state index in [0.717, 1.165) is 5.56 Å². The number of ether oxygens (including phenoxy) is 2. The summed E-state index contributed by atoms with van der Waals surface area (Å²) in [6.45, 7) is 12.4. The van der Waals surface area contributed by atoms with Gasteiger partial charge in [-0.1, -0.05) is 30.3 Å². The van der Waals surface area contributed by atoms with Gasteiger partial charge in [0.1, 0.15) is 40.8 Å². The third-order valence-corrected chi connectivity index (χ3v) is 8.93. The number of hydrogen-bond donors (Lipinski definition) is 4.